The third kappa shape index (κ3) is 3.01. The molecule has 4 nitrogen and oxygen atoms in total. The molecule has 118 valence electrons. The molecule has 1 fully saturated rings. The van der Waals surface area contributed by atoms with E-state index in [4.69, 9.17) is 0 Å². The number of nitrogens with one attached hydrogen (secondary N) is 1. The third-order valence-electron chi connectivity index (χ3n) is 4.74. The Morgan fingerprint density at radius 2 is 2.09 bits per heavy atom. The normalized spacial score (nSPS) is 21.3. The lowest BCUT2D eigenvalue weighted by molar-refractivity contribution is -0.124. The van der Waals surface area contributed by atoms with Crippen LogP contribution in [0.25, 0.3) is 0 Å². The number of fused-ring (bicyclic) bond motifs is 1. The third-order valence-corrected chi connectivity index (χ3v) is 4.74. The minimum Gasteiger partial charge on any atom is -0.353 e. The second-order valence-corrected chi connectivity index (χ2v) is 6.59. The lowest BCUT2D eigenvalue weighted by atomic mass is 9.94. The van der Waals surface area contributed by atoms with Gasteiger partial charge in [-0.15, -0.1) is 0 Å². The first-order valence-corrected chi connectivity index (χ1v) is 8.24. The van der Waals surface area contributed by atoms with Crippen LogP contribution in [0.3, 0.4) is 0 Å². The molecule has 2 heterocycles. The predicted octanol–water partition coefficient (Wildman–Crippen LogP) is 2.64. The summed E-state index contributed by atoms with van der Waals surface area (Å²) in [5.74, 6) is 0.216. The Morgan fingerprint density at radius 3 is 2.86 bits per heavy atom. The standard InChI is InChI=1S/C18H24N2O2/c1-12-9-13(2)15-6-4-8-20(16(15)10-12)18(22)11-14-5-3-7-17(21)19-14/h9-10,14H,3-8,11H2,1-2H3,(H,19,21). The molecule has 22 heavy (non-hydrogen) atoms. The van der Waals surface area contributed by atoms with Gasteiger partial charge < -0.3 is 10.2 Å². The van der Waals surface area contributed by atoms with E-state index >= 15 is 0 Å². The molecule has 0 spiro atoms. The van der Waals surface area contributed by atoms with Crippen molar-refractivity contribution in [2.45, 2.75) is 58.4 Å². The Morgan fingerprint density at radius 1 is 1.27 bits per heavy atom. The summed E-state index contributed by atoms with van der Waals surface area (Å²) in [6.45, 7) is 4.99. The number of hydrogen-bond acceptors (Lipinski definition) is 2. The van der Waals surface area contributed by atoms with Crippen LogP contribution >= 0.6 is 0 Å². The monoisotopic (exact) mass is 300 g/mol. The highest BCUT2D eigenvalue weighted by Gasteiger charge is 2.27. The fourth-order valence-electron chi connectivity index (χ4n) is 3.69. The molecule has 1 aromatic carbocycles. The highest BCUT2D eigenvalue weighted by Crippen LogP contribution is 2.31. The van der Waals surface area contributed by atoms with Crippen LogP contribution < -0.4 is 10.2 Å². The minimum atomic E-state index is 0.00466. The highest BCUT2D eigenvalue weighted by atomic mass is 16.2. The van der Waals surface area contributed by atoms with Crippen LogP contribution in [0.4, 0.5) is 5.69 Å². The molecule has 2 aliphatic rings. The van der Waals surface area contributed by atoms with Crippen LogP contribution in [-0.4, -0.2) is 24.4 Å². The van der Waals surface area contributed by atoms with Gasteiger partial charge in [0.15, 0.2) is 0 Å². The first-order chi connectivity index (χ1) is 10.5. The maximum atomic E-state index is 12.7. The molecule has 1 unspecified atom stereocenters. The summed E-state index contributed by atoms with van der Waals surface area (Å²) in [7, 11) is 0. The van der Waals surface area contributed by atoms with Gasteiger partial charge in [-0.2, -0.15) is 0 Å². The molecule has 1 saturated heterocycles. The van der Waals surface area contributed by atoms with Crippen molar-refractivity contribution in [1.29, 1.82) is 0 Å². The molecule has 1 N–H and O–H groups in total. The average molecular weight is 300 g/mol. The summed E-state index contributed by atoms with van der Waals surface area (Å²) in [6, 6.07) is 4.32. The van der Waals surface area contributed by atoms with Crippen LogP contribution in [-0.2, 0) is 16.0 Å². The minimum absolute atomic E-state index is 0.00466. The highest BCUT2D eigenvalue weighted by molar-refractivity contribution is 5.95. The molecule has 0 saturated carbocycles. The summed E-state index contributed by atoms with van der Waals surface area (Å²) in [5.41, 5.74) is 4.86. The van der Waals surface area contributed by atoms with E-state index in [1.165, 1.54) is 16.7 Å². The van der Waals surface area contributed by atoms with Crippen molar-refractivity contribution in [2.24, 2.45) is 0 Å². The SMILES string of the molecule is Cc1cc(C)c2c(c1)N(C(=O)CC1CCCC(=O)N1)CCC2. The van der Waals surface area contributed by atoms with Crippen molar-refractivity contribution in [3.8, 4) is 0 Å². The van der Waals surface area contributed by atoms with Crippen LogP contribution in [0, 0.1) is 13.8 Å². The quantitative estimate of drug-likeness (QED) is 0.913. The topological polar surface area (TPSA) is 49.4 Å². The molecule has 3 rings (SSSR count). The number of nitrogens with zero attached hydrogens (tertiary/aromatic N) is 1. The van der Waals surface area contributed by atoms with Gasteiger partial charge in [-0.05, 0) is 62.3 Å². The summed E-state index contributed by atoms with van der Waals surface area (Å²) < 4.78 is 0. The van der Waals surface area contributed by atoms with Gasteiger partial charge in [0.05, 0.1) is 0 Å². The van der Waals surface area contributed by atoms with Gasteiger partial charge in [-0.1, -0.05) is 6.07 Å². The molecule has 2 aliphatic heterocycles. The first-order valence-electron chi connectivity index (χ1n) is 8.24. The molecule has 0 bridgehead atoms. The van der Waals surface area contributed by atoms with Gasteiger partial charge in [0.1, 0.15) is 0 Å². The van der Waals surface area contributed by atoms with Crippen LogP contribution in [0.5, 0.6) is 0 Å². The van der Waals surface area contributed by atoms with E-state index in [1.54, 1.807) is 0 Å². The molecule has 1 atom stereocenters. The number of benzene rings is 1. The molecule has 0 aromatic heterocycles. The van der Waals surface area contributed by atoms with Gasteiger partial charge >= 0.3 is 0 Å². The zero-order valence-electron chi connectivity index (χ0n) is 13.4. The molecule has 0 aliphatic carbocycles. The van der Waals surface area contributed by atoms with Crippen molar-refractivity contribution in [3.63, 3.8) is 0 Å². The summed E-state index contributed by atoms with van der Waals surface area (Å²) >= 11 is 0. The molecule has 1 aromatic rings. The summed E-state index contributed by atoms with van der Waals surface area (Å²) in [5, 5.41) is 2.95. The molecular formula is C18H24N2O2. The average Bonchev–Trinajstić information content (AvgIpc) is 2.46. The summed E-state index contributed by atoms with van der Waals surface area (Å²) in [6.07, 6.45) is 4.86. The second kappa shape index (κ2) is 6.11. The van der Waals surface area contributed by atoms with Gasteiger partial charge in [0.2, 0.25) is 11.8 Å². The number of aryl methyl sites for hydroxylation is 2. The van der Waals surface area contributed by atoms with E-state index in [9.17, 15) is 9.59 Å². The van der Waals surface area contributed by atoms with Crippen molar-refractivity contribution in [2.75, 3.05) is 11.4 Å². The molecule has 4 heteroatoms. The predicted molar refractivity (Wildman–Crippen MR) is 87.0 cm³/mol. The van der Waals surface area contributed by atoms with Crippen LogP contribution in [0.15, 0.2) is 12.1 Å². The van der Waals surface area contributed by atoms with Gasteiger partial charge in [-0.25, -0.2) is 0 Å². The lowest BCUT2D eigenvalue weighted by Crippen LogP contribution is -2.44. The summed E-state index contributed by atoms with van der Waals surface area (Å²) in [4.78, 5) is 26.1. The zero-order chi connectivity index (χ0) is 15.7. The Hall–Kier alpha value is -1.84. The second-order valence-electron chi connectivity index (χ2n) is 6.59. The van der Waals surface area contributed by atoms with Gasteiger partial charge in [0, 0.05) is 31.1 Å². The van der Waals surface area contributed by atoms with Gasteiger partial charge in [-0.3, -0.25) is 9.59 Å². The number of hydrogen-bond donors (Lipinski definition) is 1. The zero-order valence-corrected chi connectivity index (χ0v) is 13.4. The number of carbonyl (C=O) groups is 2. The van der Waals surface area contributed by atoms with Crippen LogP contribution in [0.2, 0.25) is 0 Å². The van der Waals surface area contributed by atoms with E-state index < -0.39 is 0 Å². The maximum absolute atomic E-state index is 12.7. The number of anilines is 1. The molecule has 0 radical (unpaired) electrons. The Kier molecular flexibility index (Phi) is 4.19. The van der Waals surface area contributed by atoms with E-state index in [1.807, 2.05) is 4.90 Å². The molecule has 2 amide bonds. The Balaban J connectivity index is 1.78. The Bertz CT molecular complexity index is 609. The molecular weight excluding hydrogens is 276 g/mol. The Labute approximate surface area is 131 Å². The van der Waals surface area contributed by atoms with E-state index in [0.717, 1.165) is 37.9 Å². The van der Waals surface area contributed by atoms with Crippen molar-refractivity contribution >= 4 is 17.5 Å². The van der Waals surface area contributed by atoms with E-state index in [-0.39, 0.29) is 17.9 Å². The van der Waals surface area contributed by atoms with Crippen molar-refractivity contribution in [3.05, 3.63) is 28.8 Å². The van der Waals surface area contributed by atoms with Crippen molar-refractivity contribution in [1.82, 2.24) is 5.32 Å². The van der Waals surface area contributed by atoms with Crippen LogP contribution in [0.1, 0.15) is 48.8 Å². The smallest absolute Gasteiger partial charge is 0.229 e. The lowest BCUT2D eigenvalue weighted by Gasteiger charge is -2.33. The number of carbonyl (C=O) groups excluding carboxylic acids is 2. The van der Waals surface area contributed by atoms with E-state index in [0.29, 0.717) is 12.8 Å². The van der Waals surface area contributed by atoms with E-state index in [2.05, 4.69) is 31.3 Å². The fraction of sp³-hybridized carbons (Fsp3) is 0.556. The fourth-order valence-corrected chi connectivity index (χ4v) is 3.69. The number of rotatable bonds is 2. The number of amides is 2. The maximum Gasteiger partial charge on any atom is 0.229 e. The largest absolute Gasteiger partial charge is 0.353 e. The number of piperidine rings is 1. The van der Waals surface area contributed by atoms with Crippen molar-refractivity contribution < 1.29 is 9.59 Å². The van der Waals surface area contributed by atoms with Gasteiger partial charge in [0.25, 0.3) is 0 Å². The first kappa shape index (κ1) is 15.1.